The molecule has 2 heteroatoms. The molecule has 1 atom stereocenters. The average molecular weight is 255 g/mol. The van der Waals surface area contributed by atoms with Crippen molar-refractivity contribution in [3.05, 3.63) is 40.9 Å². The fourth-order valence-electron chi connectivity index (χ4n) is 1.38. The zero-order valence-electron chi connectivity index (χ0n) is 8.59. The topological polar surface area (TPSA) is 9.23 Å². The van der Waals surface area contributed by atoms with Crippen LogP contribution in [-0.4, -0.2) is 7.11 Å². The van der Waals surface area contributed by atoms with Crippen molar-refractivity contribution in [2.24, 2.45) is 0 Å². The van der Waals surface area contributed by atoms with Crippen LogP contribution in [0.4, 0.5) is 0 Å². The van der Waals surface area contributed by atoms with Gasteiger partial charge in [0.1, 0.15) is 5.75 Å². The quantitative estimate of drug-likeness (QED) is 0.735. The molecule has 1 nitrogen and oxygen atoms in total. The van der Waals surface area contributed by atoms with E-state index in [-0.39, 0.29) is 0 Å². The summed E-state index contributed by atoms with van der Waals surface area (Å²) in [6.07, 6.45) is 2.95. The number of benzene rings is 1. The lowest BCUT2D eigenvalue weighted by Gasteiger charge is -2.11. The second kappa shape index (κ2) is 5.20. The van der Waals surface area contributed by atoms with E-state index < -0.39 is 0 Å². The van der Waals surface area contributed by atoms with E-state index in [0.29, 0.717) is 5.92 Å². The predicted molar refractivity (Wildman–Crippen MR) is 63.9 cm³/mol. The van der Waals surface area contributed by atoms with Gasteiger partial charge in [0.25, 0.3) is 0 Å². The van der Waals surface area contributed by atoms with Gasteiger partial charge in [-0.25, -0.2) is 0 Å². The maximum Gasteiger partial charge on any atom is 0.133 e. The van der Waals surface area contributed by atoms with Gasteiger partial charge in [-0.1, -0.05) is 19.1 Å². The molecule has 0 aliphatic heterocycles. The number of methoxy groups -OCH3 is 1. The van der Waals surface area contributed by atoms with E-state index in [1.165, 1.54) is 5.56 Å². The Bertz CT molecular complexity index is 320. The van der Waals surface area contributed by atoms with Crippen LogP contribution < -0.4 is 4.74 Å². The minimum atomic E-state index is 0.509. The number of ether oxygens (including phenoxy) is 1. The van der Waals surface area contributed by atoms with Crippen molar-refractivity contribution in [1.82, 2.24) is 0 Å². The number of hydrogen-bond acceptors (Lipinski definition) is 1. The molecule has 0 N–H and O–H groups in total. The highest BCUT2D eigenvalue weighted by Crippen LogP contribution is 2.29. The summed E-state index contributed by atoms with van der Waals surface area (Å²) in [7, 11) is 1.67. The summed E-state index contributed by atoms with van der Waals surface area (Å²) >= 11 is 3.48. The summed E-state index contributed by atoms with van der Waals surface area (Å²) in [4.78, 5) is 0. The van der Waals surface area contributed by atoms with Gasteiger partial charge >= 0.3 is 0 Å². The van der Waals surface area contributed by atoms with Crippen molar-refractivity contribution < 1.29 is 4.74 Å². The monoisotopic (exact) mass is 254 g/mol. The first-order valence-corrected chi connectivity index (χ1v) is 5.42. The zero-order chi connectivity index (χ0) is 10.6. The maximum atomic E-state index is 5.17. The van der Waals surface area contributed by atoms with Gasteiger partial charge in [0, 0.05) is 0 Å². The van der Waals surface area contributed by atoms with Crippen molar-refractivity contribution in [3.8, 4) is 5.75 Å². The predicted octanol–water partition coefficient (Wildman–Crippen LogP) is 4.14. The minimum Gasteiger partial charge on any atom is -0.496 e. The van der Waals surface area contributed by atoms with Gasteiger partial charge in [0.15, 0.2) is 0 Å². The van der Waals surface area contributed by atoms with E-state index in [0.717, 1.165) is 16.6 Å². The number of allylic oxidation sites excluding steroid dienone is 1. The molecule has 0 radical (unpaired) electrons. The summed E-state index contributed by atoms with van der Waals surface area (Å²) in [5, 5.41) is 0. The Morgan fingerprint density at radius 3 is 2.79 bits per heavy atom. The smallest absolute Gasteiger partial charge is 0.133 e. The van der Waals surface area contributed by atoms with Crippen molar-refractivity contribution >= 4 is 15.9 Å². The third kappa shape index (κ3) is 2.61. The van der Waals surface area contributed by atoms with Crippen molar-refractivity contribution in [3.63, 3.8) is 0 Å². The molecule has 0 fully saturated rings. The van der Waals surface area contributed by atoms with Gasteiger partial charge in [-0.15, -0.1) is 6.58 Å². The molecule has 1 rings (SSSR count). The molecular weight excluding hydrogens is 240 g/mol. The van der Waals surface area contributed by atoms with Gasteiger partial charge < -0.3 is 4.74 Å². The largest absolute Gasteiger partial charge is 0.496 e. The van der Waals surface area contributed by atoms with E-state index >= 15 is 0 Å². The average Bonchev–Trinajstić information content (AvgIpc) is 2.18. The Kier molecular flexibility index (Phi) is 4.21. The molecule has 0 aliphatic rings. The SMILES string of the molecule is C=CCC(C)c1ccc(OC)c(Br)c1. The van der Waals surface area contributed by atoms with E-state index in [1.807, 2.05) is 12.1 Å². The van der Waals surface area contributed by atoms with E-state index in [4.69, 9.17) is 4.74 Å². The van der Waals surface area contributed by atoms with Gasteiger partial charge in [-0.05, 0) is 46.0 Å². The lowest BCUT2D eigenvalue weighted by molar-refractivity contribution is 0.412. The van der Waals surface area contributed by atoms with E-state index in [2.05, 4.69) is 41.6 Å². The molecule has 1 unspecified atom stereocenters. The Morgan fingerprint density at radius 2 is 2.29 bits per heavy atom. The fourth-order valence-corrected chi connectivity index (χ4v) is 1.93. The number of hydrogen-bond donors (Lipinski definition) is 0. The second-order valence-electron chi connectivity index (χ2n) is 3.32. The number of rotatable bonds is 4. The third-order valence-corrected chi connectivity index (χ3v) is 2.88. The fraction of sp³-hybridized carbons (Fsp3) is 0.333. The maximum absolute atomic E-state index is 5.17. The second-order valence-corrected chi connectivity index (χ2v) is 4.17. The van der Waals surface area contributed by atoms with Crippen molar-refractivity contribution in [2.45, 2.75) is 19.3 Å². The Morgan fingerprint density at radius 1 is 1.57 bits per heavy atom. The van der Waals surface area contributed by atoms with Crippen molar-refractivity contribution in [2.75, 3.05) is 7.11 Å². The van der Waals surface area contributed by atoms with Gasteiger partial charge in [0.2, 0.25) is 0 Å². The Hall–Kier alpha value is -0.760. The molecule has 76 valence electrons. The first kappa shape index (κ1) is 11.3. The minimum absolute atomic E-state index is 0.509. The molecule has 14 heavy (non-hydrogen) atoms. The normalized spacial score (nSPS) is 12.2. The molecule has 0 spiro atoms. The number of halogens is 1. The standard InChI is InChI=1S/C12H15BrO/c1-4-5-9(2)10-6-7-12(14-3)11(13)8-10/h4,6-9H,1,5H2,2-3H3. The molecule has 0 aromatic heterocycles. The molecule has 0 heterocycles. The van der Waals surface area contributed by atoms with Crippen LogP contribution in [0.2, 0.25) is 0 Å². The highest BCUT2D eigenvalue weighted by Gasteiger charge is 2.06. The van der Waals surface area contributed by atoms with Crippen LogP contribution in [0.3, 0.4) is 0 Å². The highest BCUT2D eigenvalue weighted by molar-refractivity contribution is 9.10. The van der Waals surface area contributed by atoms with Crippen LogP contribution in [0.5, 0.6) is 5.75 Å². The summed E-state index contributed by atoms with van der Waals surface area (Å²) in [5.74, 6) is 1.38. The molecule has 1 aromatic carbocycles. The molecule has 1 aromatic rings. The van der Waals surface area contributed by atoms with Crippen LogP contribution in [-0.2, 0) is 0 Å². The highest BCUT2D eigenvalue weighted by atomic mass is 79.9. The molecule has 0 bridgehead atoms. The Balaban J connectivity index is 2.90. The van der Waals surface area contributed by atoms with E-state index in [9.17, 15) is 0 Å². The lowest BCUT2D eigenvalue weighted by atomic mass is 9.98. The van der Waals surface area contributed by atoms with Crippen LogP contribution in [0, 0.1) is 0 Å². The van der Waals surface area contributed by atoms with Gasteiger partial charge in [-0.2, -0.15) is 0 Å². The van der Waals surface area contributed by atoms with Crippen LogP contribution in [0.15, 0.2) is 35.3 Å². The third-order valence-electron chi connectivity index (χ3n) is 2.27. The molecule has 0 amide bonds. The molecule has 0 aliphatic carbocycles. The van der Waals surface area contributed by atoms with E-state index in [1.54, 1.807) is 7.11 Å². The van der Waals surface area contributed by atoms with Crippen LogP contribution in [0.1, 0.15) is 24.8 Å². The van der Waals surface area contributed by atoms with Crippen LogP contribution in [0.25, 0.3) is 0 Å². The summed E-state index contributed by atoms with van der Waals surface area (Å²) in [5.41, 5.74) is 1.30. The molecule has 0 saturated heterocycles. The molecule has 0 saturated carbocycles. The van der Waals surface area contributed by atoms with Gasteiger partial charge in [-0.3, -0.25) is 0 Å². The van der Waals surface area contributed by atoms with Gasteiger partial charge in [0.05, 0.1) is 11.6 Å². The molecular formula is C12H15BrO. The summed E-state index contributed by atoms with van der Waals surface area (Å²) < 4.78 is 6.18. The van der Waals surface area contributed by atoms with Crippen molar-refractivity contribution in [1.29, 1.82) is 0 Å². The van der Waals surface area contributed by atoms with Crippen LogP contribution >= 0.6 is 15.9 Å². The first-order valence-electron chi connectivity index (χ1n) is 4.63. The lowest BCUT2D eigenvalue weighted by Crippen LogP contribution is -1.93. The Labute approximate surface area is 93.9 Å². The first-order chi connectivity index (χ1) is 6.69. The summed E-state index contributed by atoms with van der Waals surface area (Å²) in [6, 6.07) is 6.18. The summed E-state index contributed by atoms with van der Waals surface area (Å²) in [6.45, 7) is 5.94. The zero-order valence-corrected chi connectivity index (χ0v) is 10.2.